The maximum absolute atomic E-state index is 2.37. The number of benzene rings is 1. The number of hydrogen-bond donors (Lipinski definition) is 0. The van der Waals surface area contributed by atoms with Gasteiger partial charge in [-0.1, -0.05) is 41.5 Å². The summed E-state index contributed by atoms with van der Waals surface area (Å²) < 4.78 is 4.49. The predicted molar refractivity (Wildman–Crippen MR) is 99.7 cm³/mol. The molecule has 0 aliphatic heterocycles. The molecular formula is C22H29N2+. The average molecular weight is 321 g/mol. The summed E-state index contributed by atoms with van der Waals surface area (Å²) in [5, 5.41) is 0. The van der Waals surface area contributed by atoms with Gasteiger partial charge in [0.05, 0.1) is 7.05 Å². The van der Waals surface area contributed by atoms with Crippen molar-refractivity contribution in [2.75, 3.05) is 0 Å². The maximum Gasteiger partial charge on any atom is 0.244 e. The van der Waals surface area contributed by atoms with Crippen LogP contribution in [0.1, 0.15) is 46.6 Å². The van der Waals surface area contributed by atoms with Gasteiger partial charge >= 0.3 is 0 Å². The zero-order chi connectivity index (χ0) is 17.5. The second-order valence-electron chi connectivity index (χ2n) is 7.50. The van der Waals surface area contributed by atoms with Gasteiger partial charge in [-0.3, -0.25) is 0 Å². The van der Waals surface area contributed by atoms with E-state index in [1.54, 1.807) is 0 Å². The summed E-state index contributed by atoms with van der Waals surface area (Å²) in [6.07, 6.45) is 7.59. The van der Waals surface area contributed by atoms with Crippen molar-refractivity contribution in [2.45, 2.75) is 46.6 Å². The van der Waals surface area contributed by atoms with Gasteiger partial charge in [0, 0.05) is 12.3 Å². The molecule has 1 unspecified atom stereocenters. The molecule has 1 aromatic carbocycles. The van der Waals surface area contributed by atoms with Gasteiger partial charge < -0.3 is 0 Å². The van der Waals surface area contributed by atoms with Crippen LogP contribution in [0.3, 0.4) is 0 Å². The molecule has 0 spiro atoms. The van der Waals surface area contributed by atoms with Crippen LogP contribution in [0.4, 0.5) is 0 Å². The molecule has 1 atom stereocenters. The number of hydrogen-bond acceptors (Lipinski definition) is 0. The van der Waals surface area contributed by atoms with Crippen molar-refractivity contribution in [2.24, 2.45) is 13.0 Å². The summed E-state index contributed by atoms with van der Waals surface area (Å²) in [6.45, 7) is 11.5. The Balaban J connectivity index is 2.08. The molecule has 0 saturated heterocycles. The lowest BCUT2D eigenvalue weighted by molar-refractivity contribution is -0.671. The van der Waals surface area contributed by atoms with Gasteiger partial charge in [0.25, 0.3) is 0 Å². The molecule has 2 aromatic rings. The van der Waals surface area contributed by atoms with Crippen LogP contribution in [0.15, 0.2) is 71.3 Å². The number of nitrogens with zero attached hydrogens (tertiary/aromatic N) is 2. The minimum atomic E-state index is -0.0688. The molecule has 1 aliphatic carbocycles. The van der Waals surface area contributed by atoms with Gasteiger partial charge in [-0.25, -0.2) is 9.13 Å². The molecule has 0 fully saturated rings. The van der Waals surface area contributed by atoms with Crippen LogP contribution in [-0.4, -0.2) is 4.57 Å². The highest BCUT2D eigenvalue weighted by molar-refractivity contribution is 5.47. The molecule has 126 valence electrons. The number of rotatable bonds is 4. The third kappa shape index (κ3) is 2.64. The quantitative estimate of drug-likeness (QED) is 0.717. The summed E-state index contributed by atoms with van der Waals surface area (Å²) in [6, 6.07) is 10.9. The molecule has 3 rings (SSSR count). The molecule has 1 aromatic heterocycles. The summed E-state index contributed by atoms with van der Waals surface area (Å²) in [7, 11) is 2.09. The van der Waals surface area contributed by atoms with Crippen molar-refractivity contribution in [3.05, 3.63) is 76.9 Å². The molecule has 0 radical (unpaired) electrons. The highest BCUT2D eigenvalue weighted by atomic mass is 15.1. The van der Waals surface area contributed by atoms with E-state index in [0.717, 1.165) is 6.42 Å². The first kappa shape index (κ1) is 16.8. The standard InChI is InChI=1S/C22H29N2/c1-16-17(2)19(4)21(18(16)3)14-22(5,20-10-8-7-9-11-20)24-13-12-23(6)15-24/h7-13,15,21H,14H2,1-6H3/q+1. The van der Waals surface area contributed by atoms with Crippen molar-refractivity contribution in [1.29, 1.82) is 0 Å². The van der Waals surface area contributed by atoms with Gasteiger partial charge in [0.2, 0.25) is 6.33 Å². The summed E-state index contributed by atoms with van der Waals surface area (Å²) >= 11 is 0. The minimum Gasteiger partial charge on any atom is -0.240 e. The molecule has 0 N–H and O–H groups in total. The van der Waals surface area contributed by atoms with E-state index in [2.05, 4.69) is 99.9 Å². The van der Waals surface area contributed by atoms with E-state index >= 15 is 0 Å². The van der Waals surface area contributed by atoms with Crippen molar-refractivity contribution < 1.29 is 4.57 Å². The normalized spacial score (nSPS) is 18.4. The van der Waals surface area contributed by atoms with Crippen LogP contribution >= 0.6 is 0 Å². The number of allylic oxidation sites excluding steroid dienone is 4. The zero-order valence-electron chi connectivity index (χ0n) is 15.8. The Hall–Kier alpha value is -2.09. The average Bonchev–Trinajstić information content (AvgIpc) is 3.10. The first-order chi connectivity index (χ1) is 11.3. The topological polar surface area (TPSA) is 8.81 Å². The smallest absolute Gasteiger partial charge is 0.240 e. The van der Waals surface area contributed by atoms with Crippen molar-refractivity contribution in [1.82, 2.24) is 4.57 Å². The number of aromatic nitrogens is 2. The van der Waals surface area contributed by atoms with Crippen LogP contribution in [0.25, 0.3) is 0 Å². The first-order valence-corrected chi connectivity index (χ1v) is 8.79. The fourth-order valence-corrected chi connectivity index (χ4v) is 4.05. The third-order valence-electron chi connectivity index (χ3n) is 6.13. The Morgan fingerprint density at radius 1 is 1.00 bits per heavy atom. The molecular weight excluding hydrogens is 292 g/mol. The Bertz CT molecular complexity index is 784. The third-order valence-corrected chi connectivity index (χ3v) is 6.13. The maximum atomic E-state index is 2.37. The Labute approximate surface area is 146 Å². The number of imidazole rings is 1. The Kier molecular flexibility index (Phi) is 4.25. The van der Waals surface area contributed by atoms with Crippen LogP contribution in [-0.2, 0) is 12.6 Å². The van der Waals surface area contributed by atoms with Gasteiger partial charge in [0.15, 0.2) is 0 Å². The van der Waals surface area contributed by atoms with Gasteiger partial charge in [-0.2, -0.15) is 0 Å². The van der Waals surface area contributed by atoms with Gasteiger partial charge in [-0.15, -0.1) is 0 Å². The largest absolute Gasteiger partial charge is 0.244 e. The highest BCUT2D eigenvalue weighted by Gasteiger charge is 2.39. The first-order valence-electron chi connectivity index (χ1n) is 8.79. The fraction of sp³-hybridized carbons (Fsp3) is 0.409. The lowest BCUT2D eigenvalue weighted by Crippen LogP contribution is -2.35. The molecule has 0 bridgehead atoms. The number of aryl methyl sites for hydroxylation is 1. The SMILES string of the molecule is CC1=C(C)C(CC(C)(c2ccccc2)n2cc[n+](C)c2)C(C)=C1C. The monoisotopic (exact) mass is 321 g/mol. The van der Waals surface area contributed by atoms with E-state index < -0.39 is 0 Å². The molecule has 2 nitrogen and oxygen atoms in total. The highest BCUT2D eigenvalue weighted by Crippen LogP contribution is 2.44. The van der Waals surface area contributed by atoms with E-state index in [9.17, 15) is 0 Å². The molecule has 2 heteroatoms. The predicted octanol–water partition coefficient (Wildman–Crippen LogP) is 4.77. The molecule has 1 heterocycles. The van der Waals surface area contributed by atoms with Crippen LogP contribution in [0.5, 0.6) is 0 Å². The van der Waals surface area contributed by atoms with Gasteiger partial charge in [-0.05, 0) is 51.3 Å². The second-order valence-corrected chi connectivity index (χ2v) is 7.50. The van der Waals surface area contributed by atoms with E-state index in [0.29, 0.717) is 5.92 Å². The molecule has 0 amide bonds. The van der Waals surface area contributed by atoms with E-state index in [1.807, 2.05) is 0 Å². The molecule has 0 saturated carbocycles. The Morgan fingerprint density at radius 3 is 2.08 bits per heavy atom. The Morgan fingerprint density at radius 2 is 1.58 bits per heavy atom. The molecule has 1 aliphatic rings. The second kappa shape index (κ2) is 6.08. The van der Waals surface area contributed by atoms with E-state index in [1.165, 1.54) is 27.9 Å². The summed E-state index contributed by atoms with van der Waals surface area (Å²) in [5.74, 6) is 0.517. The van der Waals surface area contributed by atoms with E-state index in [4.69, 9.17) is 0 Å². The van der Waals surface area contributed by atoms with Crippen LogP contribution in [0.2, 0.25) is 0 Å². The van der Waals surface area contributed by atoms with Crippen molar-refractivity contribution in [3.63, 3.8) is 0 Å². The van der Waals surface area contributed by atoms with Crippen molar-refractivity contribution in [3.8, 4) is 0 Å². The van der Waals surface area contributed by atoms with Crippen molar-refractivity contribution >= 4 is 0 Å². The lowest BCUT2D eigenvalue weighted by atomic mass is 9.78. The molecule has 24 heavy (non-hydrogen) atoms. The fourth-order valence-electron chi connectivity index (χ4n) is 4.05. The lowest BCUT2D eigenvalue weighted by Gasteiger charge is -2.31. The van der Waals surface area contributed by atoms with Crippen LogP contribution in [0, 0.1) is 5.92 Å². The summed E-state index contributed by atoms with van der Waals surface area (Å²) in [4.78, 5) is 0. The van der Waals surface area contributed by atoms with Crippen LogP contribution < -0.4 is 4.57 Å². The minimum absolute atomic E-state index is 0.0688. The summed E-state index contributed by atoms with van der Waals surface area (Å²) in [5.41, 5.74) is 7.31. The van der Waals surface area contributed by atoms with E-state index in [-0.39, 0.29) is 5.54 Å². The zero-order valence-corrected chi connectivity index (χ0v) is 15.8. The van der Waals surface area contributed by atoms with Gasteiger partial charge in [0.1, 0.15) is 17.9 Å².